The molecule has 0 saturated heterocycles. The van der Waals surface area contributed by atoms with Crippen molar-refractivity contribution in [2.45, 2.75) is 19.3 Å². The maximum atomic E-state index is 11.9. The van der Waals surface area contributed by atoms with E-state index in [2.05, 4.69) is 4.74 Å². The molecule has 1 rings (SSSR count). The van der Waals surface area contributed by atoms with Gasteiger partial charge in [-0.25, -0.2) is 0 Å². The molecule has 1 aliphatic rings. The standard InChI is InChI=1S/C8H13BF3O2S.K/c1-14-7(13)4-8(2-3-8)5-15-6-9(10,11)12;/h2-6H2,1H3;/q-1;+1. The van der Waals surface area contributed by atoms with Crippen LogP contribution in [0, 0.1) is 5.41 Å². The van der Waals surface area contributed by atoms with Crippen LogP contribution in [0.3, 0.4) is 0 Å². The second-order valence-electron chi connectivity index (χ2n) is 3.98. The number of carbonyl (C=O) groups is 1. The summed E-state index contributed by atoms with van der Waals surface area (Å²) in [7, 11) is 1.30. The van der Waals surface area contributed by atoms with Crippen molar-refractivity contribution in [3.63, 3.8) is 0 Å². The first kappa shape index (κ1) is 17.3. The Labute approximate surface area is 140 Å². The molecule has 8 heteroatoms. The molecule has 0 aromatic heterocycles. The Morgan fingerprint density at radius 3 is 2.38 bits per heavy atom. The van der Waals surface area contributed by atoms with E-state index in [0.717, 1.165) is 24.6 Å². The topological polar surface area (TPSA) is 26.3 Å². The van der Waals surface area contributed by atoms with Crippen molar-refractivity contribution in [2.75, 3.05) is 18.5 Å². The van der Waals surface area contributed by atoms with Crippen molar-refractivity contribution < 1.29 is 73.9 Å². The van der Waals surface area contributed by atoms with Crippen molar-refractivity contribution in [2.24, 2.45) is 5.41 Å². The first-order chi connectivity index (χ1) is 6.87. The van der Waals surface area contributed by atoms with E-state index in [-0.39, 0.29) is 69.2 Å². The van der Waals surface area contributed by atoms with Crippen molar-refractivity contribution in [1.82, 2.24) is 0 Å². The summed E-state index contributed by atoms with van der Waals surface area (Å²) in [6.07, 6.45) is 1.92. The minimum atomic E-state index is -4.71. The molecule has 0 spiro atoms. The van der Waals surface area contributed by atoms with Gasteiger partial charge in [-0.05, 0) is 29.7 Å². The van der Waals surface area contributed by atoms with Gasteiger partial charge < -0.3 is 17.7 Å². The van der Waals surface area contributed by atoms with E-state index < -0.39 is 12.6 Å². The van der Waals surface area contributed by atoms with Gasteiger partial charge >= 0.3 is 64.3 Å². The Hall–Kier alpha value is 1.31. The molecule has 0 bridgehead atoms. The number of ether oxygens (including phenoxy) is 1. The predicted molar refractivity (Wildman–Crippen MR) is 54.7 cm³/mol. The summed E-state index contributed by atoms with van der Waals surface area (Å²) in [4.78, 5) is 11.0. The SMILES string of the molecule is COC(=O)CC1(CSC[B-](F)(F)F)CC1.[K+]. The van der Waals surface area contributed by atoms with Gasteiger partial charge in [0.25, 0.3) is 0 Å². The van der Waals surface area contributed by atoms with Crippen LogP contribution in [0.1, 0.15) is 19.3 Å². The number of rotatable bonds is 6. The molecule has 1 saturated carbocycles. The number of hydrogen-bond donors (Lipinski definition) is 0. The summed E-state index contributed by atoms with van der Waals surface area (Å²) in [5, 5.41) is 0. The van der Waals surface area contributed by atoms with Gasteiger partial charge in [0.15, 0.2) is 0 Å². The van der Waals surface area contributed by atoms with Gasteiger partial charge in [-0.1, -0.05) is 0 Å². The molecule has 1 fully saturated rings. The minimum absolute atomic E-state index is 0. The van der Waals surface area contributed by atoms with Crippen LogP contribution in [0.2, 0.25) is 0 Å². The van der Waals surface area contributed by atoms with E-state index in [1.165, 1.54) is 7.11 Å². The molecular formula is C8H13BF3KO2S. The average molecular weight is 280 g/mol. The maximum Gasteiger partial charge on any atom is 1.00 e. The Kier molecular flexibility index (Phi) is 7.61. The predicted octanol–water partition coefficient (Wildman–Crippen LogP) is -0.546. The Morgan fingerprint density at radius 1 is 1.44 bits per heavy atom. The maximum absolute atomic E-state index is 11.9. The Morgan fingerprint density at radius 2 is 2.00 bits per heavy atom. The second-order valence-corrected chi connectivity index (χ2v) is 5.01. The van der Waals surface area contributed by atoms with Gasteiger partial charge in [-0.15, -0.1) is 0 Å². The molecule has 88 valence electrons. The van der Waals surface area contributed by atoms with Gasteiger partial charge in [-0.2, -0.15) is 11.8 Å². The van der Waals surface area contributed by atoms with E-state index >= 15 is 0 Å². The number of methoxy groups -OCH3 is 1. The minimum Gasteiger partial charge on any atom is -0.469 e. The second kappa shape index (κ2) is 7.04. The monoisotopic (exact) mass is 280 g/mol. The summed E-state index contributed by atoms with van der Waals surface area (Å²) in [6.45, 7) is -4.71. The summed E-state index contributed by atoms with van der Waals surface area (Å²) < 4.78 is 40.3. The van der Waals surface area contributed by atoms with Crippen LogP contribution >= 0.6 is 11.8 Å². The van der Waals surface area contributed by atoms with E-state index in [1.807, 2.05) is 0 Å². The molecule has 0 unspecified atom stereocenters. The summed E-state index contributed by atoms with van der Waals surface area (Å²) in [6, 6.07) is 0. The van der Waals surface area contributed by atoms with E-state index in [1.54, 1.807) is 0 Å². The largest absolute Gasteiger partial charge is 1.00 e. The van der Waals surface area contributed by atoms with Crippen LogP contribution in [0.25, 0.3) is 0 Å². The van der Waals surface area contributed by atoms with Crippen molar-refractivity contribution in [1.29, 1.82) is 0 Å². The normalized spacial score (nSPS) is 17.5. The zero-order valence-electron chi connectivity index (χ0n) is 9.47. The molecule has 0 N–H and O–H groups in total. The first-order valence-electron chi connectivity index (χ1n) is 4.72. The van der Waals surface area contributed by atoms with Crippen LogP contribution in [-0.4, -0.2) is 31.5 Å². The van der Waals surface area contributed by atoms with Gasteiger partial charge in [-0.3, -0.25) is 4.79 Å². The molecule has 1 aliphatic carbocycles. The van der Waals surface area contributed by atoms with Crippen LogP contribution in [0.5, 0.6) is 0 Å². The molecule has 0 heterocycles. The van der Waals surface area contributed by atoms with Gasteiger partial charge in [0, 0.05) is 0 Å². The zero-order chi connectivity index (χ0) is 11.5. The molecular weight excluding hydrogens is 267 g/mol. The molecule has 16 heavy (non-hydrogen) atoms. The van der Waals surface area contributed by atoms with Crippen molar-refractivity contribution in [3.8, 4) is 0 Å². The fourth-order valence-electron chi connectivity index (χ4n) is 1.34. The number of hydrogen-bond acceptors (Lipinski definition) is 3. The van der Waals surface area contributed by atoms with Gasteiger partial charge in [0.1, 0.15) is 0 Å². The molecule has 0 amide bonds. The first-order valence-corrected chi connectivity index (χ1v) is 5.88. The fourth-order valence-corrected chi connectivity index (χ4v) is 2.55. The van der Waals surface area contributed by atoms with Crippen LogP contribution in [0.15, 0.2) is 0 Å². The van der Waals surface area contributed by atoms with Crippen molar-refractivity contribution >= 4 is 24.7 Å². The quantitative estimate of drug-likeness (QED) is 0.482. The van der Waals surface area contributed by atoms with E-state index in [0.29, 0.717) is 5.75 Å². The van der Waals surface area contributed by atoms with E-state index in [9.17, 15) is 17.7 Å². The molecule has 2 nitrogen and oxygen atoms in total. The van der Waals surface area contributed by atoms with Gasteiger partial charge in [0.05, 0.1) is 13.5 Å². The number of halogens is 3. The Bertz CT molecular complexity index is 246. The molecule has 0 aliphatic heterocycles. The molecule has 0 aromatic rings. The van der Waals surface area contributed by atoms with Crippen LogP contribution < -0.4 is 51.4 Å². The number of esters is 1. The fraction of sp³-hybridized carbons (Fsp3) is 0.875. The smallest absolute Gasteiger partial charge is 0.469 e. The third-order valence-corrected chi connectivity index (χ3v) is 3.85. The molecule has 0 radical (unpaired) electrons. The van der Waals surface area contributed by atoms with Crippen LogP contribution in [-0.2, 0) is 9.53 Å². The Balaban J connectivity index is 0.00000225. The van der Waals surface area contributed by atoms with Crippen LogP contribution in [0.4, 0.5) is 12.9 Å². The summed E-state index contributed by atoms with van der Waals surface area (Å²) >= 11 is 0.877. The summed E-state index contributed by atoms with van der Waals surface area (Å²) in [5.41, 5.74) is -0.984. The molecule has 0 aromatic carbocycles. The third kappa shape index (κ3) is 6.90. The third-order valence-electron chi connectivity index (χ3n) is 2.42. The zero-order valence-corrected chi connectivity index (χ0v) is 13.4. The van der Waals surface area contributed by atoms with Gasteiger partial charge in [0.2, 0.25) is 0 Å². The van der Waals surface area contributed by atoms with E-state index in [4.69, 9.17) is 0 Å². The molecule has 0 atom stereocenters. The average Bonchev–Trinajstić information content (AvgIpc) is 2.83. The number of thioether (sulfide) groups is 1. The number of carbonyl (C=O) groups excluding carboxylic acids is 1. The van der Waals surface area contributed by atoms with Crippen molar-refractivity contribution in [3.05, 3.63) is 0 Å². The summed E-state index contributed by atoms with van der Waals surface area (Å²) in [5.74, 6) is 0.0780.